The topological polar surface area (TPSA) is 82.5 Å². The van der Waals surface area contributed by atoms with Crippen LogP contribution in [0.25, 0.3) is 6.08 Å². The monoisotopic (exact) mass is 195 g/mol. The Bertz CT molecular complexity index is 340. The average Bonchev–Trinajstić information content (AvgIpc) is 2.67. The van der Waals surface area contributed by atoms with Gasteiger partial charge in [0.1, 0.15) is 5.76 Å². The van der Waals surface area contributed by atoms with Gasteiger partial charge in [0, 0.05) is 6.08 Å². The summed E-state index contributed by atoms with van der Waals surface area (Å²) in [7, 11) is 0. The van der Waals surface area contributed by atoms with Gasteiger partial charge in [0.2, 0.25) is 0 Å². The summed E-state index contributed by atoms with van der Waals surface area (Å²) >= 11 is 0. The van der Waals surface area contributed by atoms with Crippen LogP contribution in [0.3, 0.4) is 0 Å². The SMILES string of the molecule is NCC(=O)OC(=O)C=Cc1ccco1. The van der Waals surface area contributed by atoms with Crippen LogP contribution < -0.4 is 5.73 Å². The summed E-state index contributed by atoms with van der Waals surface area (Å²) in [5, 5.41) is 0. The molecule has 1 rings (SSSR count). The number of rotatable bonds is 3. The first-order valence-corrected chi connectivity index (χ1v) is 3.88. The van der Waals surface area contributed by atoms with Crippen molar-refractivity contribution in [3.63, 3.8) is 0 Å². The zero-order chi connectivity index (χ0) is 10.4. The Balaban J connectivity index is 2.45. The number of nitrogens with two attached hydrogens (primary N) is 1. The van der Waals surface area contributed by atoms with Crippen LogP contribution in [0.1, 0.15) is 5.76 Å². The predicted molar refractivity (Wildman–Crippen MR) is 47.9 cm³/mol. The van der Waals surface area contributed by atoms with Crippen molar-refractivity contribution in [1.82, 2.24) is 0 Å². The third-order valence-electron chi connectivity index (χ3n) is 1.31. The van der Waals surface area contributed by atoms with Gasteiger partial charge < -0.3 is 14.9 Å². The van der Waals surface area contributed by atoms with Crippen molar-refractivity contribution in [3.8, 4) is 0 Å². The van der Waals surface area contributed by atoms with Crippen molar-refractivity contribution in [1.29, 1.82) is 0 Å². The molecule has 0 unspecified atom stereocenters. The Labute approximate surface area is 80.1 Å². The van der Waals surface area contributed by atoms with Gasteiger partial charge in [-0.3, -0.25) is 4.79 Å². The second kappa shape index (κ2) is 4.98. The molecule has 0 atom stereocenters. The van der Waals surface area contributed by atoms with E-state index >= 15 is 0 Å². The number of carbonyl (C=O) groups is 2. The molecule has 74 valence electrons. The van der Waals surface area contributed by atoms with Crippen LogP contribution >= 0.6 is 0 Å². The fourth-order valence-electron chi connectivity index (χ4n) is 0.724. The molecule has 1 heterocycles. The molecule has 1 aromatic heterocycles. The van der Waals surface area contributed by atoms with E-state index in [1.165, 1.54) is 12.3 Å². The van der Waals surface area contributed by atoms with Crippen molar-refractivity contribution in [2.24, 2.45) is 5.73 Å². The molecule has 0 aromatic carbocycles. The molecule has 0 aliphatic rings. The highest BCUT2D eigenvalue weighted by molar-refractivity contribution is 5.95. The first kappa shape index (κ1) is 10.2. The maximum Gasteiger partial charge on any atom is 0.338 e. The third kappa shape index (κ3) is 3.24. The molecule has 0 fully saturated rings. The minimum atomic E-state index is -0.767. The Kier molecular flexibility index (Phi) is 3.63. The lowest BCUT2D eigenvalue weighted by Gasteiger charge is -1.94. The molecule has 0 spiro atoms. The molecule has 0 saturated heterocycles. The first-order valence-electron chi connectivity index (χ1n) is 3.88. The molecule has 0 saturated carbocycles. The van der Waals surface area contributed by atoms with E-state index in [2.05, 4.69) is 4.74 Å². The molecule has 0 radical (unpaired) electrons. The van der Waals surface area contributed by atoms with Crippen molar-refractivity contribution in [3.05, 3.63) is 30.2 Å². The largest absolute Gasteiger partial charge is 0.465 e. The number of carbonyl (C=O) groups excluding carboxylic acids is 2. The molecule has 0 amide bonds. The van der Waals surface area contributed by atoms with Gasteiger partial charge in [-0.25, -0.2) is 4.79 Å². The number of hydrogen-bond acceptors (Lipinski definition) is 5. The normalized spacial score (nSPS) is 10.4. The van der Waals surface area contributed by atoms with Gasteiger partial charge in [-0.2, -0.15) is 0 Å². The van der Waals surface area contributed by atoms with Crippen molar-refractivity contribution < 1.29 is 18.7 Å². The number of hydrogen-bond donors (Lipinski definition) is 1. The molecular weight excluding hydrogens is 186 g/mol. The van der Waals surface area contributed by atoms with E-state index in [-0.39, 0.29) is 6.54 Å². The van der Waals surface area contributed by atoms with E-state index < -0.39 is 11.9 Å². The molecule has 0 aliphatic carbocycles. The average molecular weight is 195 g/mol. The fourth-order valence-corrected chi connectivity index (χ4v) is 0.724. The second-order valence-electron chi connectivity index (χ2n) is 2.35. The van der Waals surface area contributed by atoms with Crippen LogP contribution in [0.5, 0.6) is 0 Å². The van der Waals surface area contributed by atoms with Crippen molar-refractivity contribution in [2.75, 3.05) is 6.54 Å². The molecule has 5 heteroatoms. The van der Waals surface area contributed by atoms with Gasteiger partial charge in [0.05, 0.1) is 12.8 Å². The summed E-state index contributed by atoms with van der Waals surface area (Å²) in [6.07, 6.45) is 3.95. The fraction of sp³-hybridized carbons (Fsp3) is 0.111. The Hall–Kier alpha value is -1.88. The lowest BCUT2D eigenvalue weighted by Crippen LogP contribution is -2.19. The standard InChI is InChI=1S/C9H9NO4/c10-6-9(12)14-8(11)4-3-7-2-1-5-13-7/h1-5H,6,10H2. The molecular formula is C9H9NO4. The summed E-state index contributed by atoms with van der Waals surface area (Å²) in [5.41, 5.74) is 4.94. The lowest BCUT2D eigenvalue weighted by atomic mass is 10.4. The minimum absolute atomic E-state index is 0.319. The third-order valence-corrected chi connectivity index (χ3v) is 1.31. The van der Waals surface area contributed by atoms with Crippen molar-refractivity contribution >= 4 is 18.0 Å². The number of esters is 2. The molecule has 14 heavy (non-hydrogen) atoms. The van der Waals surface area contributed by atoms with E-state index in [0.717, 1.165) is 6.08 Å². The first-order chi connectivity index (χ1) is 6.72. The van der Waals surface area contributed by atoms with Gasteiger partial charge in [-0.05, 0) is 18.2 Å². The van der Waals surface area contributed by atoms with Crippen LogP contribution in [0.4, 0.5) is 0 Å². The van der Waals surface area contributed by atoms with Crippen LogP contribution in [0, 0.1) is 0 Å². The van der Waals surface area contributed by atoms with Gasteiger partial charge in [-0.15, -0.1) is 0 Å². The Morgan fingerprint density at radius 1 is 1.57 bits per heavy atom. The van der Waals surface area contributed by atoms with E-state index in [1.54, 1.807) is 12.1 Å². The summed E-state index contributed by atoms with van der Waals surface area (Å²) in [6.45, 7) is -0.319. The maximum absolute atomic E-state index is 10.9. The van der Waals surface area contributed by atoms with E-state index in [4.69, 9.17) is 10.2 Å². The summed E-state index contributed by atoms with van der Waals surface area (Å²) in [6, 6.07) is 3.34. The highest BCUT2D eigenvalue weighted by atomic mass is 16.6. The zero-order valence-corrected chi connectivity index (χ0v) is 7.30. The van der Waals surface area contributed by atoms with Gasteiger partial charge in [0.25, 0.3) is 0 Å². The van der Waals surface area contributed by atoms with E-state index in [9.17, 15) is 9.59 Å². The van der Waals surface area contributed by atoms with Gasteiger partial charge in [-0.1, -0.05) is 0 Å². The van der Waals surface area contributed by atoms with Gasteiger partial charge in [0.15, 0.2) is 0 Å². The summed E-state index contributed by atoms with van der Waals surface area (Å²) in [5.74, 6) is -1.03. The maximum atomic E-state index is 10.9. The quantitative estimate of drug-likeness (QED) is 0.426. The molecule has 0 aliphatic heterocycles. The van der Waals surface area contributed by atoms with E-state index in [1.807, 2.05) is 0 Å². The van der Waals surface area contributed by atoms with Crippen LogP contribution in [0.15, 0.2) is 28.9 Å². The number of ether oxygens (including phenoxy) is 1. The lowest BCUT2D eigenvalue weighted by molar-refractivity contribution is -0.154. The smallest absolute Gasteiger partial charge is 0.338 e. The highest BCUT2D eigenvalue weighted by Gasteiger charge is 2.04. The Morgan fingerprint density at radius 3 is 2.93 bits per heavy atom. The van der Waals surface area contributed by atoms with Crippen molar-refractivity contribution in [2.45, 2.75) is 0 Å². The summed E-state index contributed by atoms with van der Waals surface area (Å²) in [4.78, 5) is 21.4. The molecule has 2 N–H and O–H groups in total. The Morgan fingerprint density at radius 2 is 2.36 bits per heavy atom. The highest BCUT2D eigenvalue weighted by Crippen LogP contribution is 2.02. The zero-order valence-electron chi connectivity index (χ0n) is 7.30. The second-order valence-corrected chi connectivity index (χ2v) is 2.35. The molecule has 0 bridgehead atoms. The molecule has 1 aromatic rings. The van der Waals surface area contributed by atoms with E-state index in [0.29, 0.717) is 5.76 Å². The molecule has 5 nitrogen and oxygen atoms in total. The predicted octanol–water partition coefficient (Wildman–Crippen LogP) is 0.321. The van der Waals surface area contributed by atoms with Gasteiger partial charge >= 0.3 is 11.9 Å². The van der Waals surface area contributed by atoms with Crippen LogP contribution in [0.2, 0.25) is 0 Å². The number of furan rings is 1. The summed E-state index contributed by atoms with van der Waals surface area (Å²) < 4.78 is 9.18. The van der Waals surface area contributed by atoms with Crippen LogP contribution in [-0.4, -0.2) is 18.5 Å². The minimum Gasteiger partial charge on any atom is -0.465 e. The van der Waals surface area contributed by atoms with Crippen LogP contribution in [-0.2, 0) is 14.3 Å².